The van der Waals surface area contributed by atoms with Gasteiger partial charge in [0, 0.05) is 17.6 Å². The highest BCUT2D eigenvalue weighted by Gasteiger charge is 2.13. The fourth-order valence-corrected chi connectivity index (χ4v) is 4.32. The molecule has 0 aliphatic carbocycles. The Labute approximate surface area is 182 Å². The lowest BCUT2D eigenvalue weighted by Gasteiger charge is -2.08. The van der Waals surface area contributed by atoms with Crippen LogP contribution in [0.2, 0.25) is 0 Å². The molecule has 4 rings (SSSR count). The molecule has 0 aliphatic rings. The molecule has 0 aliphatic heterocycles. The van der Waals surface area contributed by atoms with Crippen molar-refractivity contribution in [2.24, 2.45) is 0 Å². The van der Waals surface area contributed by atoms with Crippen molar-refractivity contribution in [3.8, 4) is 5.75 Å². The Morgan fingerprint density at radius 2 is 1.90 bits per heavy atom. The summed E-state index contributed by atoms with van der Waals surface area (Å²) in [5.74, 6) is 1.93. The average Bonchev–Trinajstić information content (AvgIpc) is 3.42. The maximum absolute atomic E-state index is 12.9. The highest BCUT2D eigenvalue weighted by Crippen LogP contribution is 2.25. The molecule has 0 bridgehead atoms. The second-order valence-electron chi connectivity index (χ2n) is 6.74. The molecule has 30 heavy (non-hydrogen) atoms. The minimum absolute atomic E-state index is 0.283. The summed E-state index contributed by atoms with van der Waals surface area (Å²) in [6.07, 6.45) is 0.707. The number of thiazole rings is 1. The Morgan fingerprint density at radius 1 is 1.10 bits per heavy atom. The molecule has 1 unspecified atom stereocenters. The van der Waals surface area contributed by atoms with E-state index in [4.69, 9.17) is 9.15 Å². The van der Waals surface area contributed by atoms with Gasteiger partial charge in [-0.05, 0) is 35.7 Å². The number of benzene rings is 2. The third-order valence-electron chi connectivity index (χ3n) is 4.42. The number of ether oxygens (including phenoxy) is 1. The van der Waals surface area contributed by atoms with Gasteiger partial charge in [0.2, 0.25) is 5.89 Å². The van der Waals surface area contributed by atoms with Crippen LogP contribution in [0, 0.1) is 5.82 Å². The SMILES string of the molecule is CC(Cc1nnc(SCc2csc(COc3ccc(F)cc3)n2)o1)c1ccccc1. The molecule has 0 amide bonds. The summed E-state index contributed by atoms with van der Waals surface area (Å²) in [7, 11) is 0. The normalized spacial score (nSPS) is 12.1. The molecule has 2 aromatic heterocycles. The molecule has 2 aromatic carbocycles. The number of hydrogen-bond donors (Lipinski definition) is 0. The lowest BCUT2D eigenvalue weighted by Crippen LogP contribution is -1.98. The lowest BCUT2D eigenvalue weighted by molar-refractivity contribution is 0.305. The van der Waals surface area contributed by atoms with E-state index in [0.29, 0.717) is 41.6 Å². The Balaban J connectivity index is 1.26. The van der Waals surface area contributed by atoms with Crippen LogP contribution >= 0.6 is 23.1 Å². The van der Waals surface area contributed by atoms with Gasteiger partial charge in [-0.25, -0.2) is 9.37 Å². The van der Waals surface area contributed by atoms with E-state index in [9.17, 15) is 4.39 Å². The van der Waals surface area contributed by atoms with Gasteiger partial charge in [-0.1, -0.05) is 49.0 Å². The summed E-state index contributed by atoms with van der Waals surface area (Å²) in [5.41, 5.74) is 2.18. The highest BCUT2D eigenvalue weighted by atomic mass is 32.2. The molecule has 0 N–H and O–H groups in total. The van der Waals surface area contributed by atoms with E-state index in [2.05, 4.69) is 34.2 Å². The third-order valence-corrected chi connectivity index (χ3v) is 6.14. The second-order valence-corrected chi connectivity index (χ2v) is 8.61. The fourth-order valence-electron chi connectivity index (χ4n) is 2.83. The highest BCUT2D eigenvalue weighted by molar-refractivity contribution is 7.98. The molecular formula is C22H20FN3O2S2. The van der Waals surface area contributed by atoms with Crippen molar-refractivity contribution in [1.82, 2.24) is 15.2 Å². The van der Waals surface area contributed by atoms with Gasteiger partial charge in [0.1, 0.15) is 23.2 Å². The Morgan fingerprint density at radius 3 is 2.70 bits per heavy atom. The summed E-state index contributed by atoms with van der Waals surface area (Å²) < 4.78 is 24.3. The van der Waals surface area contributed by atoms with Crippen LogP contribution < -0.4 is 4.74 Å². The second kappa shape index (κ2) is 9.86. The van der Waals surface area contributed by atoms with Crippen LogP contribution in [0.15, 0.2) is 69.6 Å². The van der Waals surface area contributed by atoms with Gasteiger partial charge < -0.3 is 9.15 Å². The van der Waals surface area contributed by atoms with Crippen LogP contribution in [0.25, 0.3) is 0 Å². The van der Waals surface area contributed by atoms with Crippen LogP contribution in [0.4, 0.5) is 4.39 Å². The first-order chi connectivity index (χ1) is 14.7. The predicted octanol–water partition coefficient (Wildman–Crippen LogP) is 5.88. The van der Waals surface area contributed by atoms with Crippen LogP contribution in [-0.4, -0.2) is 15.2 Å². The van der Waals surface area contributed by atoms with Gasteiger partial charge in [0.05, 0.1) is 5.69 Å². The van der Waals surface area contributed by atoms with Gasteiger partial charge in [-0.15, -0.1) is 21.5 Å². The van der Waals surface area contributed by atoms with E-state index in [1.165, 1.54) is 40.8 Å². The summed E-state index contributed by atoms with van der Waals surface area (Å²) in [6.45, 7) is 2.50. The number of thioether (sulfide) groups is 1. The molecule has 4 aromatic rings. The molecule has 0 saturated carbocycles. The van der Waals surface area contributed by atoms with Crippen molar-refractivity contribution in [1.29, 1.82) is 0 Å². The molecule has 2 heterocycles. The van der Waals surface area contributed by atoms with Crippen LogP contribution in [0.3, 0.4) is 0 Å². The Bertz CT molecular complexity index is 1070. The van der Waals surface area contributed by atoms with Crippen molar-refractivity contribution in [2.75, 3.05) is 0 Å². The zero-order chi connectivity index (χ0) is 20.8. The molecule has 5 nitrogen and oxygen atoms in total. The molecule has 0 radical (unpaired) electrons. The van der Waals surface area contributed by atoms with Crippen LogP contribution in [0.1, 0.15) is 35.0 Å². The first-order valence-corrected chi connectivity index (χ1v) is 11.3. The predicted molar refractivity (Wildman–Crippen MR) is 115 cm³/mol. The minimum atomic E-state index is -0.283. The zero-order valence-corrected chi connectivity index (χ0v) is 18.0. The maximum Gasteiger partial charge on any atom is 0.276 e. The van der Waals surface area contributed by atoms with Gasteiger partial charge in [0.25, 0.3) is 5.22 Å². The standard InChI is InChI=1S/C22H20FN3O2S2/c1-15(16-5-3-2-4-6-16)11-20-25-26-22(28-20)30-14-18-13-29-21(24-18)12-27-19-9-7-17(23)8-10-19/h2-10,13,15H,11-12,14H2,1H3. The molecule has 8 heteroatoms. The van der Waals surface area contributed by atoms with E-state index in [1.54, 1.807) is 12.1 Å². The van der Waals surface area contributed by atoms with Crippen molar-refractivity contribution < 1.29 is 13.5 Å². The van der Waals surface area contributed by atoms with E-state index in [-0.39, 0.29) is 5.82 Å². The van der Waals surface area contributed by atoms with Crippen molar-refractivity contribution in [2.45, 2.75) is 36.8 Å². The van der Waals surface area contributed by atoms with Gasteiger partial charge >= 0.3 is 0 Å². The molecular weight excluding hydrogens is 421 g/mol. The number of nitrogens with zero attached hydrogens (tertiary/aromatic N) is 3. The van der Waals surface area contributed by atoms with Crippen molar-refractivity contribution in [3.05, 3.63) is 88.0 Å². The molecule has 0 spiro atoms. The molecule has 1 atom stereocenters. The summed E-state index contributed by atoms with van der Waals surface area (Å²) >= 11 is 3.00. The van der Waals surface area contributed by atoms with Gasteiger partial charge in [0.15, 0.2) is 0 Å². The smallest absolute Gasteiger partial charge is 0.276 e. The summed E-state index contributed by atoms with van der Waals surface area (Å²) in [4.78, 5) is 4.56. The van der Waals surface area contributed by atoms with Gasteiger partial charge in [-0.2, -0.15) is 0 Å². The summed E-state index contributed by atoms with van der Waals surface area (Å²) in [6, 6.07) is 16.2. The maximum atomic E-state index is 12.9. The molecule has 154 valence electrons. The molecule has 0 fully saturated rings. The van der Waals surface area contributed by atoms with Crippen LogP contribution in [-0.2, 0) is 18.8 Å². The summed E-state index contributed by atoms with van der Waals surface area (Å²) in [5, 5.41) is 11.7. The van der Waals surface area contributed by atoms with Crippen molar-refractivity contribution in [3.63, 3.8) is 0 Å². The van der Waals surface area contributed by atoms with Gasteiger partial charge in [-0.3, -0.25) is 0 Å². The van der Waals surface area contributed by atoms with E-state index in [1.807, 2.05) is 23.6 Å². The number of halogens is 1. The van der Waals surface area contributed by atoms with E-state index >= 15 is 0 Å². The Kier molecular flexibility index (Phi) is 6.76. The monoisotopic (exact) mass is 441 g/mol. The quantitative estimate of drug-likeness (QED) is 0.302. The molecule has 0 saturated heterocycles. The largest absolute Gasteiger partial charge is 0.486 e. The topological polar surface area (TPSA) is 61.0 Å². The first-order valence-electron chi connectivity index (χ1n) is 9.47. The zero-order valence-electron chi connectivity index (χ0n) is 16.3. The number of aromatic nitrogens is 3. The fraction of sp³-hybridized carbons (Fsp3) is 0.227. The van der Waals surface area contributed by atoms with E-state index < -0.39 is 0 Å². The average molecular weight is 442 g/mol. The van der Waals surface area contributed by atoms with Crippen molar-refractivity contribution >= 4 is 23.1 Å². The number of rotatable bonds is 9. The van der Waals surface area contributed by atoms with E-state index in [0.717, 1.165) is 10.7 Å². The third kappa shape index (κ3) is 5.67. The Hall–Kier alpha value is -2.71. The number of hydrogen-bond acceptors (Lipinski definition) is 7. The lowest BCUT2D eigenvalue weighted by atomic mass is 9.98. The first kappa shape index (κ1) is 20.6. The minimum Gasteiger partial charge on any atom is -0.486 e. The van der Waals surface area contributed by atoms with Crippen LogP contribution in [0.5, 0.6) is 5.75 Å².